The molecule has 0 fully saturated rings. The highest BCUT2D eigenvalue weighted by atomic mass is 35.5. The van der Waals surface area contributed by atoms with Crippen LogP contribution in [0.5, 0.6) is 0 Å². The largest absolute Gasteiger partial charge is 0.360 e. The number of hydrogen-bond donors (Lipinski definition) is 0. The number of nitrogens with zero attached hydrogens (tertiary/aromatic N) is 5. The molecule has 3 aromatic rings. The van der Waals surface area contributed by atoms with E-state index in [2.05, 4.69) is 31.8 Å². The monoisotopic (exact) mass is 369 g/mol. The van der Waals surface area contributed by atoms with Crippen LogP contribution < -0.4 is 9.80 Å². The second kappa shape index (κ2) is 6.96. The van der Waals surface area contributed by atoms with Gasteiger partial charge < -0.3 is 14.3 Å². The van der Waals surface area contributed by atoms with E-state index < -0.39 is 0 Å². The molecule has 1 aromatic carbocycles. The number of anilines is 2. The number of fused-ring (bicyclic) bond motifs is 1. The van der Waals surface area contributed by atoms with Gasteiger partial charge in [-0.25, -0.2) is 9.97 Å². The SMILES string of the molecule is CCN(C)c1cc(N2CCc3onc(-c4ccc(Cl)cc4)c3C2)ncn1. The lowest BCUT2D eigenvalue weighted by molar-refractivity contribution is 0.379. The molecule has 0 unspecified atom stereocenters. The van der Waals surface area contributed by atoms with Crippen molar-refractivity contribution in [2.24, 2.45) is 0 Å². The minimum absolute atomic E-state index is 0.710. The van der Waals surface area contributed by atoms with E-state index in [9.17, 15) is 0 Å². The molecule has 0 amide bonds. The summed E-state index contributed by atoms with van der Waals surface area (Å²) in [4.78, 5) is 13.2. The minimum Gasteiger partial charge on any atom is -0.360 e. The fourth-order valence-electron chi connectivity index (χ4n) is 3.12. The predicted octanol–water partition coefficient (Wildman–Crippen LogP) is 3.80. The van der Waals surface area contributed by atoms with Gasteiger partial charge >= 0.3 is 0 Å². The Kier molecular flexibility index (Phi) is 4.51. The van der Waals surface area contributed by atoms with Gasteiger partial charge in [-0.3, -0.25) is 0 Å². The van der Waals surface area contributed by atoms with Crippen LogP contribution in [0.25, 0.3) is 11.3 Å². The first-order chi connectivity index (χ1) is 12.7. The van der Waals surface area contributed by atoms with Gasteiger partial charge in [0.05, 0.1) is 6.54 Å². The summed E-state index contributed by atoms with van der Waals surface area (Å²) in [7, 11) is 2.03. The molecule has 0 radical (unpaired) electrons. The highest BCUT2D eigenvalue weighted by molar-refractivity contribution is 6.30. The van der Waals surface area contributed by atoms with Gasteiger partial charge in [-0.15, -0.1) is 0 Å². The maximum absolute atomic E-state index is 6.00. The smallest absolute Gasteiger partial charge is 0.144 e. The van der Waals surface area contributed by atoms with Crippen molar-refractivity contribution in [3.63, 3.8) is 0 Å². The highest BCUT2D eigenvalue weighted by Crippen LogP contribution is 2.32. The summed E-state index contributed by atoms with van der Waals surface area (Å²) in [5.74, 6) is 2.79. The molecule has 0 saturated heterocycles. The maximum Gasteiger partial charge on any atom is 0.144 e. The first-order valence-electron chi connectivity index (χ1n) is 8.67. The molecule has 0 saturated carbocycles. The standard InChI is InChI=1S/C19H20ClN5O/c1-3-24(2)17-10-18(22-12-21-17)25-9-8-16-15(11-25)19(23-26-16)13-4-6-14(20)7-5-13/h4-7,10,12H,3,8-9,11H2,1-2H3. The Hall–Kier alpha value is -2.60. The predicted molar refractivity (Wildman–Crippen MR) is 103 cm³/mol. The number of hydrogen-bond acceptors (Lipinski definition) is 6. The van der Waals surface area contributed by atoms with E-state index in [1.807, 2.05) is 37.4 Å². The molecule has 0 N–H and O–H groups in total. The third-order valence-corrected chi connectivity index (χ3v) is 5.02. The van der Waals surface area contributed by atoms with Gasteiger partial charge in [-0.2, -0.15) is 0 Å². The molecule has 7 heteroatoms. The van der Waals surface area contributed by atoms with Crippen LogP contribution in [0.2, 0.25) is 5.02 Å². The van der Waals surface area contributed by atoms with Crippen LogP contribution in [-0.4, -0.2) is 35.3 Å². The number of aromatic nitrogens is 3. The van der Waals surface area contributed by atoms with E-state index >= 15 is 0 Å². The van der Waals surface area contributed by atoms with Crippen LogP contribution in [0, 0.1) is 0 Å². The number of halogens is 1. The average Bonchev–Trinajstić information content (AvgIpc) is 3.11. The molecule has 3 heterocycles. The van der Waals surface area contributed by atoms with Crippen LogP contribution in [0.15, 0.2) is 41.2 Å². The van der Waals surface area contributed by atoms with Crippen molar-refractivity contribution in [3.05, 3.63) is 53.0 Å². The van der Waals surface area contributed by atoms with Crippen molar-refractivity contribution in [2.75, 3.05) is 29.9 Å². The molecule has 4 rings (SSSR count). The number of benzene rings is 1. The van der Waals surface area contributed by atoms with E-state index in [0.29, 0.717) is 11.6 Å². The third kappa shape index (κ3) is 3.12. The normalized spacial score (nSPS) is 13.6. The van der Waals surface area contributed by atoms with Gasteiger partial charge in [0, 0.05) is 48.8 Å². The van der Waals surface area contributed by atoms with Gasteiger partial charge in [0.1, 0.15) is 29.4 Å². The van der Waals surface area contributed by atoms with E-state index in [0.717, 1.165) is 53.7 Å². The molecule has 1 aliphatic rings. The van der Waals surface area contributed by atoms with Crippen LogP contribution in [-0.2, 0) is 13.0 Å². The zero-order valence-electron chi connectivity index (χ0n) is 14.8. The molecule has 0 aliphatic carbocycles. The van der Waals surface area contributed by atoms with Crippen molar-refractivity contribution >= 4 is 23.2 Å². The molecule has 0 bridgehead atoms. The average molecular weight is 370 g/mol. The molecule has 0 spiro atoms. The third-order valence-electron chi connectivity index (χ3n) is 4.77. The molecule has 134 valence electrons. The van der Waals surface area contributed by atoms with E-state index in [1.54, 1.807) is 6.33 Å². The highest BCUT2D eigenvalue weighted by Gasteiger charge is 2.26. The van der Waals surface area contributed by atoms with Crippen molar-refractivity contribution in [1.29, 1.82) is 0 Å². The summed E-state index contributed by atoms with van der Waals surface area (Å²) in [5.41, 5.74) is 3.00. The lowest BCUT2D eigenvalue weighted by Gasteiger charge is -2.28. The second-order valence-electron chi connectivity index (χ2n) is 6.36. The topological polar surface area (TPSA) is 58.3 Å². The Morgan fingerprint density at radius 3 is 2.81 bits per heavy atom. The van der Waals surface area contributed by atoms with Crippen LogP contribution in [0.1, 0.15) is 18.2 Å². The Morgan fingerprint density at radius 2 is 2.04 bits per heavy atom. The van der Waals surface area contributed by atoms with Gasteiger partial charge in [0.25, 0.3) is 0 Å². The van der Waals surface area contributed by atoms with Crippen molar-refractivity contribution in [2.45, 2.75) is 19.9 Å². The van der Waals surface area contributed by atoms with E-state index in [-0.39, 0.29) is 0 Å². The van der Waals surface area contributed by atoms with Crippen molar-refractivity contribution in [3.8, 4) is 11.3 Å². The zero-order valence-corrected chi connectivity index (χ0v) is 15.6. The second-order valence-corrected chi connectivity index (χ2v) is 6.80. The summed E-state index contributed by atoms with van der Waals surface area (Å²) in [6, 6.07) is 9.71. The lowest BCUT2D eigenvalue weighted by atomic mass is 10.0. The fraction of sp³-hybridized carbons (Fsp3) is 0.316. The quantitative estimate of drug-likeness (QED) is 0.697. The van der Waals surface area contributed by atoms with Crippen molar-refractivity contribution in [1.82, 2.24) is 15.1 Å². The zero-order chi connectivity index (χ0) is 18.1. The van der Waals surface area contributed by atoms with Gasteiger partial charge in [-0.1, -0.05) is 28.9 Å². The van der Waals surface area contributed by atoms with E-state index in [1.165, 1.54) is 0 Å². The molecule has 0 atom stereocenters. The van der Waals surface area contributed by atoms with Crippen molar-refractivity contribution < 1.29 is 4.52 Å². The summed E-state index contributed by atoms with van der Waals surface area (Å²) in [5, 5.41) is 5.01. The first kappa shape index (κ1) is 16.8. The molecular weight excluding hydrogens is 350 g/mol. The van der Waals surface area contributed by atoms with Gasteiger partial charge in [0.2, 0.25) is 0 Å². The molecule has 1 aliphatic heterocycles. The fourth-order valence-corrected chi connectivity index (χ4v) is 3.25. The summed E-state index contributed by atoms with van der Waals surface area (Å²) in [6.45, 7) is 4.55. The molecule has 6 nitrogen and oxygen atoms in total. The Labute approximate surface area is 157 Å². The Bertz CT molecular complexity index is 909. The summed E-state index contributed by atoms with van der Waals surface area (Å²) < 4.78 is 5.58. The molecule has 2 aromatic heterocycles. The van der Waals surface area contributed by atoms with Gasteiger partial charge in [0.15, 0.2) is 0 Å². The minimum atomic E-state index is 0.710. The Balaban J connectivity index is 1.64. The van der Waals surface area contributed by atoms with E-state index in [4.69, 9.17) is 16.1 Å². The van der Waals surface area contributed by atoms with Gasteiger partial charge in [-0.05, 0) is 19.1 Å². The lowest BCUT2D eigenvalue weighted by Crippen LogP contribution is -2.31. The molecule has 26 heavy (non-hydrogen) atoms. The molecular formula is C19H20ClN5O. The summed E-state index contributed by atoms with van der Waals surface area (Å²) in [6.07, 6.45) is 2.43. The van der Waals surface area contributed by atoms with Crippen LogP contribution >= 0.6 is 11.6 Å². The van der Waals surface area contributed by atoms with Crippen LogP contribution in [0.4, 0.5) is 11.6 Å². The first-order valence-corrected chi connectivity index (χ1v) is 9.05. The maximum atomic E-state index is 6.00. The van der Waals surface area contributed by atoms with Crippen LogP contribution in [0.3, 0.4) is 0 Å². The number of rotatable bonds is 4. The Morgan fingerprint density at radius 1 is 1.23 bits per heavy atom. The summed E-state index contributed by atoms with van der Waals surface area (Å²) >= 11 is 6.00.